The lowest BCUT2D eigenvalue weighted by Crippen LogP contribution is -2.37. The molecule has 2 N–H and O–H groups in total. The molecule has 1 aromatic heterocycles. The third-order valence-corrected chi connectivity index (χ3v) is 4.36. The van der Waals surface area contributed by atoms with Gasteiger partial charge in [0.2, 0.25) is 0 Å². The lowest BCUT2D eigenvalue weighted by Gasteiger charge is -2.12. The molecule has 2 aromatic carbocycles. The molecule has 5 heteroatoms. The third kappa shape index (κ3) is 6.29. The Labute approximate surface area is 161 Å². The van der Waals surface area contributed by atoms with Crippen molar-refractivity contribution < 1.29 is 0 Å². The van der Waals surface area contributed by atoms with Gasteiger partial charge < -0.3 is 10.6 Å². The summed E-state index contributed by atoms with van der Waals surface area (Å²) >= 11 is 0. The summed E-state index contributed by atoms with van der Waals surface area (Å²) in [5.41, 5.74) is 3.84. The molecule has 0 fully saturated rings. The molecule has 0 bridgehead atoms. The van der Waals surface area contributed by atoms with Crippen LogP contribution in [0.15, 0.2) is 78.0 Å². The molecular weight excluding hydrogens is 334 g/mol. The summed E-state index contributed by atoms with van der Waals surface area (Å²) in [6.45, 7) is 2.42. The van der Waals surface area contributed by atoms with Crippen molar-refractivity contribution in [3.8, 4) is 0 Å². The largest absolute Gasteiger partial charge is 0.356 e. The summed E-state index contributed by atoms with van der Waals surface area (Å²) in [6.07, 6.45) is 5.93. The van der Waals surface area contributed by atoms with Gasteiger partial charge in [-0.2, -0.15) is 5.10 Å². The maximum atomic E-state index is 4.31. The Morgan fingerprint density at radius 3 is 2.56 bits per heavy atom. The van der Waals surface area contributed by atoms with Crippen molar-refractivity contribution in [2.24, 2.45) is 4.99 Å². The van der Waals surface area contributed by atoms with Crippen molar-refractivity contribution in [1.82, 2.24) is 20.4 Å². The van der Waals surface area contributed by atoms with Gasteiger partial charge in [0.25, 0.3) is 0 Å². The topological polar surface area (TPSA) is 54.2 Å². The van der Waals surface area contributed by atoms with E-state index < -0.39 is 0 Å². The number of benzene rings is 2. The predicted molar refractivity (Wildman–Crippen MR) is 111 cm³/mol. The van der Waals surface area contributed by atoms with Crippen LogP contribution in [0.25, 0.3) is 0 Å². The maximum absolute atomic E-state index is 4.31. The molecule has 1 heterocycles. The predicted octanol–water partition coefficient (Wildman–Crippen LogP) is 3.23. The van der Waals surface area contributed by atoms with Gasteiger partial charge in [-0.25, -0.2) is 0 Å². The highest BCUT2D eigenvalue weighted by Gasteiger charge is 2.01. The second-order valence-electron chi connectivity index (χ2n) is 6.47. The SMILES string of the molecule is CN=C(NCCCc1ccccc1)NCc1cccc(Cn2cccn2)c1. The number of guanidine groups is 1. The average molecular weight is 361 g/mol. The monoisotopic (exact) mass is 361 g/mol. The van der Waals surface area contributed by atoms with Crippen molar-refractivity contribution in [1.29, 1.82) is 0 Å². The van der Waals surface area contributed by atoms with Crippen LogP contribution < -0.4 is 10.6 Å². The molecule has 5 nitrogen and oxygen atoms in total. The quantitative estimate of drug-likeness (QED) is 0.368. The van der Waals surface area contributed by atoms with E-state index in [9.17, 15) is 0 Å². The maximum Gasteiger partial charge on any atom is 0.191 e. The van der Waals surface area contributed by atoms with Gasteiger partial charge in [-0.15, -0.1) is 0 Å². The number of rotatable bonds is 8. The lowest BCUT2D eigenvalue weighted by molar-refractivity contribution is 0.685. The third-order valence-electron chi connectivity index (χ3n) is 4.36. The number of aromatic nitrogens is 2. The van der Waals surface area contributed by atoms with Gasteiger partial charge >= 0.3 is 0 Å². The van der Waals surface area contributed by atoms with E-state index in [4.69, 9.17) is 0 Å². The molecule has 0 saturated carbocycles. The van der Waals surface area contributed by atoms with E-state index in [0.29, 0.717) is 0 Å². The summed E-state index contributed by atoms with van der Waals surface area (Å²) in [4.78, 5) is 4.31. The van der Waals surface area contributed by atoms with Crippen molar-refractivity contribution in [2.45, 2.75) is 25.9 Å². The Morgan fingerprint density at radius 2 is 1.78 bits per heavy atom. The zero-order valence-corrected chi connectivity index (χ0v) is 15.8. The van der Waals surface area contributed by atoms with Crippen LogP contribution in [0.5, 0.6) is 0 Å². The summed E-state index contributed by atoms with van der Waals surface area (Å²) in [5.74, 6) is 0.834. The van der Waals surface area contributed by atoms with Crippen LogP contribution >= 0.6 is 0 Å². The average Bonchev–Trinajstić information content (AvgIpc) is 3.21. The Balaban J connectivity index is 1.42. The molecule has 0 spiro atoms. The van der Waals surface area contributed by atoms with Crippen LogP contribution in [-0.2, 0) is 19.5 Å². The van der Waals surface area contributed by atoms with Crippen LogP contribution in [0.1, 0.15) is 23.1 Å². The number of nitrogens with one attached hydrogen (secondary N) is 2. The summed E-state index contributed by atoms with van der Waals surface area (Å²) < 4.78 is 1.93. The smallest absolute Gasteiger partial charge is 0.191 e. The van der Waals surface area contributed by atoms with E-state index in [1.807, 2.05) is 16.9 Å². The number of aliphatic imine (C=N–C) groups is 1. The fourth-order valence-electron chi connectivity index (χ4n) is 2.97. The molecule has 3 aromatic rings. The highest BCUT2D eigenvalue weighted by molar-refractivity contribution is 5.79. The Morgan fingerprint density at radius 1 is 0.963 bits per heavy atom. The highest BCUT2D eigenvalue weighted by atomic mass is 15.3. The minimum absolute atomic E-state index is 0.741. The molecule has 0 atom stereocenters. The molecular formula is C22H27N5. The van der Waals surface area contributed by atoms with Crippen molar-refractivity contribution in [3.05, 3.63) is 89.7 Å². The highest BCUT2D eigenvalue weighted by Crippen LogP contribution is 2.07. The van der Waals surface area contributed by atoms with Crippen LogP contribution in [0.2, 0.25) is 0 Å². The van der Waals surface area contributed by atoms with E-state index >= 15 is 0 Å². The second-order valence-corrected chi connectivity index (χ2v) is 6.47. The van der Waals surface area contributed by atoms with Gasteiger partial charge in [0.1, 0.15) is 0 Å². The van der Waals surface area contributed by atoms with E-state index in [1.54, 1.807) is 13.2 Å². The lowest BCUT2D eigenvalue weighted by atomic mass is 10.1. The first kappa shape index (κ1) is 18.7. The Kier molecular flexibility index (Phi) is 7.04. The zero-order chi connectivity index (χ0) is 18.7. The second kappa shape index (κ2) is 10.2. The number of hydrogen-bond acceptors (Lipinski definition) is 2. The summed E-state index contributed by atoms with van der Waals surface area (Å²) in [6, 6.07) is 21.1. The first-order valence-corrected chi connectivity index (χ1v) is 9.37. The van der Waals surface area contributed by atoms with Gasteiger partial charge in [0, 0.05) is 32.5 Å². The molecule has 3 rings (SSSR count). The van der Waals surface area contributed by atoms with Crippen molar-refractivity contribution in [3.63, 3.8) is 0 Å². The van der Waals surface area contributed by atoms with Gasteiger partial charge in [0.15, 0.2) is 5.96 Å². The molecule has 140 valence electrons. The van der Waals surface area contributed by atoms with Crippen LogP contribution in [0.3, 0.4) is 0 Å². The van der Waals surface area contributed by atoms with Crippen molar-refractivity contribution in [2.75, 3.05) is 13.6 Å². The van der Waals surface area contributed by atoms with Gasteiger partial charge in [-0.05, 0) is 35.6 Å². The van der Waals surface area contributed by atoms with E-state index in [1.165, 1.54) is 16.7 Å². The number of hydrogen-bond donors (Lipinski definition) is 2. The minimum atomic E-state index is 0.741. The number of aryl methyl sites for hydroxylation is 1. The molecule has 0 amide bonds. The normalized spacial score (nSPS) is 11.4. The van der Waals surface area contributed by atoms with E-state index in [-0.39, 0.29) is 0 Å². The van der Waals surface area contributed by atoms with Crippen LogP contribution in [-0.4, -0.2) is 29.3 Å². The standard InChI is InChI=1S/C22H27N5/c1-23-22(24-13-6-12-19-8-3-2-4-9-19)25-17-20-10-5-11-21(16-20)18-27-15-7-14-26-27/h2-5,7-11,14-16H,6,12-13,17-18H2,1H3,(H2,23,24,25). The Hall–Kier alpha value is -3.08. The fraction of sp³-hybridized carbons (Fsp3) is 0.273. The number of nitrogens with zero attached hydrogens (tertiary/aromatic N) is 3. The van der Waals surface area contributed by atoms with Crippen molar-refractivity contribution >= 4 is 5.96 Å². The first-order valence-electron chi connectivity index (χ1n) is 9.37. The van der Waals surface area contributed by atoms with Crippen LogP contribution in [0, 0.1) is 0 Å². The summed E-state index contributed by atoms with van der Waals surface area (Å²) in [5, 5.41) is 11.0. The van der Waals surface area contributed by atoms with Gasteiger partial charge in [0.05, 0.1) is 6.54 Å². The minimum Gasteiger partial charge on any atom is -0.356 e. The fourth-order valence-corrected chi connectivity index (χ4v) is 2.97. The molecule has 0 aliphatic rings. The molecule has 0 saturated heterocycles. The van der Waals surface area contributed by atoms with E-state index in [0.717, 1.165) is 38.4 Å². The van der Waals surface area contributed by atoms with Crippen LogP contribution in [0.4, 0.5) is 0 Å². The Bertz CT molecular complexity index is 825. The molecule has 27 heavy (non-hydrogen) atoms. The first-order chi connectivity index (χ1) is 13.3. The van der Waals surface area contributed by atoms with E-state index in [2.05, 4.69) is 75.3 Å². The summed E-state index contributed by atoms with van der Waals surface area (Å²) in [7, 11) is 1.81. The van der Waals surface area contributed by atoms with Gasteiger partial charge in [-0.3, -0.25) is 9.67 Å². The molecule has 0 radical (unpaired) electrons. The van der Waals surface area contributed by atoms with Gasteiger partial charge in [-0.1, -0.05) is 54.6 Å². The molecule has 0 aliphatic heterocycles. The molecule has 0 unspecified atom stereocenters. The zero-order valence-electron chi connectivity index (χ0n) is 15.8. The molecule has 0 aliphatic carbocycles.